The lowest BCUT2D eigenvalue weighted by Gasteiger charge is -2.21. The van der Waals surface area contributed by atoms with Crippen LogP contribution in [0.4, 0.5) is 4.79 Å². The summed E-state index contributed by atoms with van der Waals surface area (Å²) >= 11 is 0. The lowest BCUT2D eigenvalue weighted by atomic mass is 9.88. The van der Waals surface area contributed by atoms with E-state index in [1.165, 1.54) is 11.1 Å². The summed E-state index contributed by atoms with van der Waals surface area (Å²) in [5, 5.41) is 10.9. The lowest BCUT2D eigenvalue weighted by Crippen LogP contribution is -2.47. The van der Waals surface area contributed by atoms with Gasteiger partial charge in [0.05, 0.1) is 0 Å². The van der Waals surface area contributed by atoms with E-state index in [1.807, 2.05) is 109 Å². The molecule has 0 saturated heterocycles. The average Bonchev–Trinajstić information content (AvgIpc) is 3.12. The van der Waals surface area contributed by atoms with E-state index in [-0.39, 0.29) is 24.3 Å². The Morgan fingerprint density at radius 2 is 1.21 bits per heavy atom. The molecule has 5 aromatic rings. The highest BCUT2D eigenvalue weighted by molar-refractivity contribution is 5.98. The number of carbonyl (C=O) groups is 3. The molecular formula is C40H41N3O4. The molecular weight excluding hydrogens is 586 g/mol. The molecule has 7 heteroatoms. The number of carbonyl (C=O) groups excluding carboxylic acids is 3. The van der Waals surface area contributed by atoms with Gasteiger partial charge in [0.15, 0.2) is 0 Å². The number of amides is 3. The van der Waals surface area contributed by atoms with Crippen molar-refractivity contribution >= 4 is 28.7 Å². The van der Waals surface area contributed by atoms with Gasteiger partial charge in [-0.2, -0.15) is 0 Å². The van der Waals surface area contributed by atoms with Crippen LogP contribution in [0.3, 0.4) is 0 Å². The number of rotatable bonds is 15. The minimum atomic E-state index is -0.777. The zero-order valence-corrected chi connectivity index (χ0v) is 26.4. The summed E-state index contributed by atoms with van der Waals surface area (Å²) in [6.07, 6.45) is 1.72. The third-order valence-electron chi connectivity index (χ3n) is 8.17. The molecule has 47 heavy (non-hydrogen) atoms. The monoisotopic (exact) mass is 627 g/mol. The molecule has 0 spiro atoms. The predicted molar refractivity (Wildman–Crippen MR) is 186 cm³/mol. The van der Waals surface area contributed by atoms with Crippen LogP contribution in [-0.4, -0.2) is 37.0 Å². The highest BCUT2D eigenvalue weighted by Crippen LogP contribution is 2.27. The van der Waals surface area contributed by atoms with Gasteiger partial charge in [0.1, 0.15) is 12.6 Å². The Labute approximate surface area is 276 Å². The topological polar surface area (TPSA) is 96.5 Å². The summed E-state index contributed by atoms with van der Waals surface area (Å²) in [4.78, 5) is 38.9. The molecule has 3 amide bonds. The van der Waals surface area contributed by atoms with Crippen LogP contribution >= 0.6 is 0 Å². The van der Waals surface area contributed by atoms with Crippen molar-refractivity contribution in [2.45, 2.75) is 44.2 Å². The Hall–Kier alpha value is -5.43. The van der Waals surface area contributed by atoms with Gasteiger partial charge in [-0.1, -0.05) is 121 Å². The molecule has 0 aliphatic heterocycles. The molecule has 0 radical (unpaired) electrons. The Bertz CT molecular complexity index is 1690. The summed E-state index contributed by atoms with van der Waals surface area (Å²) in [5.74, 6) is -0.285. The van der Waals surface area contributed by atoms with Crippen LogP contribution in [0.1, 0.15) is 58.6 Å². The van der Waals surface area contributed by atoms with Crippen molar-refractivity contribution < 1.29 is 19.1 Å². The van der Waals surface area contributed by atoms with Gasteiger partial charge in [-0.15, -0.1) is 0 Å². The second kappa shape index (κ2) is 17.3. The third kappa shape index (κ3) is 10.0. The molecule has 0 aromatic heterocycles. The second-order valence-corrected chi connectivity index (χ2v) is 11.5. The SMILES string of the molecule is O=C(NC(CCCCNC(=O)c1ccc2ccccc2c1)C(=O)NCCC(c1ccccc1)c1ccccc1)OCc1ccccc1. The first-order valence-electron chi connectivity index (χ1n) is 16.2. The van der Waals surface area contributed by atoms with E-state index in [4.69, 9.17) is 4.74 Å². The molecule has 5 aromatic carbocycles. The number of hydrogen-bond acceptors (Lipinski definition) is 4. The molecule has 0 heterocycles. The molecule has 0 saturated carbocycles. The number of nitrogens with one attached hydrogen (secondary N) is 3. The molecule has 1 unspecified atom stereocenters. The van der Waals surface area contributed by atoms with E-state index in [2.05, 4.69) is 40.2 Å². The van der Waals surface area contributed by atoms with E-state index < -0.39 is 12.1 Å². The van der Waals surface area contributed by atoms with E-state index in [0.29, 0.717) is 44.3 Å². The summed E-state index contributed by atoms with van der Waals surface area (Å²) in [6.45, 7) is 0.998. The standard InChI is InChI=1S/C40H41N3O4/c44-38(35-24-23-31-16-10-11-21-34(31)28-35)41-26-13-12-22-37(43-40(46)47-29-30-14-4-1-5-15-30)39(45)42-27-25-36(32-17-6-2-7-18-32)33-19-8-3-9-20-33/h1-11,14-21,23-24,28,36-37H,12-13,22,25-27,29H2,(H,41,44)(H,42,45)(H,43,46). The number of ether oxygens (including phenoxy) is 1. The first-order chi connectivity index (χ1) is 23.1. The van der Waals surface area contributed by atoms with Crippen LogP contribution in [0.2, 0.25) is 0 Å². The number of unbranched alkanes of at least 4 members (excludes halogenated alkanes) is 1. The van der Waals surface area contributed by atoms with Crippen molar-refractivity contribution in [3.05, 3.63) is 156 Å². The van der Waals surface area contributed by atoms with Gasteiger partial charge < -0.3 is 20.7 Å². The van der Waals surface area contributed by atoms with Crippen LogP contribution in [-0.2, 0) is 16.1 Å². The van der Waals surface area contributed by atoms with Crippen molar-refractivity contribution in [2.75, 3.05) is 13.1 Å². The Balaban J connectivity index is 1.15. The average molecular weight is 628 g/mol. The molecule has 0 aliphatic carbocycles. The molecule has 0 bridgehead atoms. The zero-order valence-electron chi connectivity index (χ0n) is 26.4. The first-order valence-corrected chi connectivity index (χ1v) is 16.2. The van der Waals surface area contributed by atoms with E-state index in [1.54, 1.807) is 0 Å². The molecule has 0 fully saturated rings. The number of hydrogen-bond donors (Lipinski definition) is 3. The fraction of sp³-hybridized carbons (Fsp3) is 0.225. The van der Waals surface area contributed by atoms with Crippen molar-refractivity contribution in [3.8, 4) is 0 Å². The summed E-state index contributed by atoms with van der Waals surface area (Å²) < 4.78 is 5.42. The van der Waals surface area contributed by atoms with Gasteiger partial charge in [-0.25, -0.2) is 4.79 Å². The zero-order chi connectivity index (χ0) is 32.7. The molecule has 3 N–H and O–H groups in total. The van der Waals surface area contributed by atoms with Gasteiger partial charge in [-0.3, -0.25) is 9.59 Å². The van der Waals surface area contributed by atoms with Gasteiger partial charge in [0, 0.05) is 24.6 Å². The van der Waals surface area contributed by atoms with E-state index in [9.17, 15) is 14.4 Å². The maximum absolute atomic E-state index is 13.4. The van der Waals surface area contributed by atoms with Crippen LogP contribution < -0.4 is 16.0 Å². The maximum Gasteiger partial charge on any atom is 0.408 e. The van der Waals surface area contributed by atoms with Gasteiger partial charge in [0.2, 0.25) is 5.91 Å². The second-order valence-electron chi connectivity index (χ2n) is 11.5. The summed E-state index contributed by atoms with van der Waals surface area (Å²) in [7, 11) is 0. The summed E-state index contributed by atoms with van der Waals surface area (Å²) in [6, 6.07) is 42.7. The number of benzene rings is 5. The van der Waals surface area contributed by atoms with Crippen LogP contribution in [0.15, 0.2) is 133 Å². The quantitative estimate of drug-likeness (QED) is 0.106. The van der Waals surface area contributed by atoms with Crippen molar-refractivity contribution in [1.29, 1.82) is 0 Å². The fourth-order valence-corrected chi connectivity index (χ4v) is 5.64. The van der Waals surface area contributed by atoms with E-state index >= 15 is 0 Å². The maximum atomic E-state index is 13.4. The first kappa shape index (κ1) is 32.9. The largest absolute Gasteiger partial charge is 0.445 e. The summed E-state index contributed by atoms with van der Waals surface area (Å²) in [5.41, 5.74) is 3.82. The minimum absolute atomic E-state index is 0.109. The number of alkyl carbamates (subject to hydrolysis) is 1. The molecule has 1 atom stereocenters. The van der Waals surface area contributed by atoms with E-state index in [0.717, 1.165) is 16.3 Å². The lowest BCUT2D eigenvalue weighted by molar-refractivity contribution is -0.123. The highest BCUT2D eigenvalue weighted by Gasteiger charge is 2.22. The third-order valence-corrected chi connectivity index (χ3v) is 8.17. The molecule has 7 nitrogen and oxygen atoms in total. The molecule has 0 aliphatic rings. The van der Waals surface area contributed by atoms with Crippen LogP contribution in [0.25, 0.3) is 10.8 Å². The Morgan fingerprint density at radius 1 is 0.596 bits per heavy atom. The van der Waals surface area contributed by atoms with Crippen LogP contribution in [0, 0.1) is 0 Å². The normalized spacial score (nSPS) is 11.5. The van der Waals surface area contributed by atoms with Gasteiger partial charge in [0.25, 0.3) is 5.91 Å². The molecule has 240 valence electrons. The fourth-order valence-electron chi connectivity index (χ4n) is 5.64. The van der Waals surface area contributed by atoms with Crippen molar-refractivity contribution in [3.63, 3.8) is 0 Å². The highest BCUT2D eigenvalue weighted by atomic mass is 16.5. The van der Waals surface area contributed by atoms with Gasteiger partial charge >= 0.3 is 6.09 Å². The smallest absolute Gasteiger partial charge is 0.408 e. The van der Waals surface area contributed by atoms with Crippen molar-refractivity contribution in [1.82, 2.24) is 16.0 Å². The molecule has 5 rings (SSSR count). The number of fused-ring (bicyclic) bond motifs is 1. The minimum Gasteiger partial charge on any atom is -0.445 e. The Kier molecular flexibility index (Phi) is 12.1. The van der Waals surface area contributed by atoms with Crippen molar-refractivity contribution in [2.24, 2.45) is 0 Å². The van der Waals surface area contributed by atoms with Gasteiger partial charge in [-0.05, 0) is 65.3 Å². The predicted octanol–water partition coefficient (Wildman–Crippen LogP) is 7.37. The Morgan fingerprint density at radius 3 is 1.89 bits per heavy atom. The van der Waals surface area contributed by atoms with Crippen LogP contribution in [0.5, 0.6) is 0 Å².